The summed E-state index contributed by atoms with van der Waals surface area (Å²) in [6, 6.07) is -1.12. The summed E-state index contributed by atoms with van der Waals surface area (Å²) in [6.07, 6.45) is -14.8. The molecule has 2 aliphatic rings. The second-order valence-corrected chi connectivity index (χ2v) is 6.02. The summed E-state index contributed by atoms with van der Waals surface area (Å²) in [4.78, 5) is 25.2. The van der Waals surface area contributed by atoms with Crippen LogP contribution in [-0.2, 0) is 9.59 Å². The van der Waals surface area contributed by atoms with Gasteiger partial charge in [-0.1, -0.05) is 0 Å². The molecule has 11 nitrogen and oxygen atoms in total. The monoisotopic (exact) mass is 350 g/mol. The van der Waals surface area contributed by atoms with Crippen LogP contribution in [0.15, 0.2) is 0 Å². The van der Waals surface area contributed by atoms with E-state index in [0.29, 0.717) is 0 Å². The minimum absolute atomic E-state index is 0.0126. The number of fused-ring (bicyclic) bond motifs is 1. The zero-order valence-electron chi connectivity index (χ0n) is 12.6. The molecular formula is C13H22N2O9. The molecule has 2 saturated heterocycles. The number of rotatable bonds is 0. The van der Waals surface area contributed by atoms with Crippen LogP contribution in [-0.4, -0.2) is 121 Å². The largest absolute Gasteiger partial charge is 0.388 e. The Morgan fingerprint density at radius 2 is 1.29 bits per heavy atom. The SMILES string of the molecule is O=C1C(=O)N2CCNCC2C(O)C(O)C(O)C(O)C(O)C(O)C1O. The molecule has 8 atom stereocenters. The number of carbonyl (C=O) groups excluding carboxylic acids is 2. The van der Waals surface area contributed by atoms with Crippen molar-refractivity contribution in [1.82, 2.24) is 10.2 Å². The van der Waals surface area contributed by atoms with Crippen molar-refractivity contribution < 1.29 is 45.3 Å². The van der Waals surface area contributed by atoms with E-state index in [1.54, 1.807) is 0 Å². The Kier molecular flexibility index (Phi) is 5.88. The lowest BCUT2D eigenvalue weighted by Crippen LogP contribution is -2.63. The minimum atomic E-state index is -2.34. The van der Waals surface area contributed by atoms with Crippen molar-refractivity contribution in [1.29, 1.82) is 0 Å². The molecule has 8 unspecified atom stereocenters. The maximum Gasteiger partial charge on any atom is 0.293 e. The van der Waals surface area contributed by atoms with Gasteiger partial charge in [-0.25, -0.2) is 0 Å². The summed E-state index contributed by atoms with van der Waals surface area (Å²) in [5.74, 6) is -2.64. The Morgan fingerprint density at radius 1 is 0.792 bits per heavy atom. The molecule has 8 N–H and O–H groups in total. The first-order chi connectivity index (χ1) is 11.2. The smallest absolute Gasteiger partial charge is 0.293 e. The summed E-state index contributed by atoms with van der Waals surface area (Å²) < 4.78 is 0. The van der Waals surface area contributed by atoms with E-state index >= 15 is 0 Å². The molecule has 0 aromatic rings. The van der Waals surface area contributed by atoms with Crippen LogP contribution in [0.2, 0.25) is 0 Å². The Bertz CT molecular complexity index is 490. The van der Waals surface area contributed by atoms with Crippen molar-refractivity contribution in [2.75, 3.05) is 19.6 Å². The molecule has 2 heterocycles. The fraction of sp³-hybridized carbons (Fsp3) is 0.846. The van der Waals surface area contributed by atoms with Crippen LogP contribution < -0.4 is 5.32 Å². The number of aliphatic hydroxyl groups is 7. The van der Waals surface area contributed by atoms with E-state index in [2.05, 4.69) is 5.32 Å². The van der Waals surface area contributed by atoms with Crippen molar-refractivity contribution in [3.8, 4) is 0 Å². The molecular weight excluding hydrogens is 328 g/mol. The zero-order chi connectivity index (χ0) is 18.2. The lowest BCUT2D eigenvalue weighted by molar-refractivity contribution is -0.171. The highest BCUT2D eigenvalue weighted by atomic mass is 16.4. The van der Waals surface area contributed by atoms with E-state index in [0.717, 1.165) is 4.90 Å². The van der Waals surface area contributed by atoms with Crippen molar-refractivity contribution in [3.63, 3.8) is 0 Å². The maximum absolute atomic E-state index is 12.3. The van der Waals surface area contributed by atoms with E-state index in [1.807, 2.05) is 0 Å². The number of nitrogens with zero attached hydrogens (tertiary/aromatic N) is 1. The van der Waals surface area contributed by atoms with Crippen LogP contribution in [0.1, 0.15) is 0 Å². The number of aliphatic hydroxyl groups excluding tert-OH is 7. The van der Waals surface area contributed by atoms with Crippen LogP contribution in [0.25, 0.3) is 0 Å². The minimum Gasteiger partial charge on any atom is -0.388 e. The van der Waals surface area contributed by atoms with Gasteiger partial charge in [0, 0.05) is 19.6 Å². The van der Waals surface area contributed by atoms with Crippen LogP contribution in [0.5, 0.6) is 0 Å². The van der Waals surface area contributed by atoms with Crippen LogP contribution in [0.3, 0.4) is 0 Å². The number of carbonyl (C=O) groups is 2. The van der Waals surface area contributed by atoms with Gasteiger partial charge in [0.15, 0.2) is 6.10 Å². The zero-order valence-corrected chi connectivity index (χ0v) is 12.6. The van der Waals surface area contributed by atoms with Gasteiger partial charge in [0.05, 0.1) is 6.04 Å². The van der Waals surface area contributed by atoms with Gasteiger partial charge < -0.3 is 46.0 Å². The summed E-state index contributed by atoms with van der Waals surface area (Å²) >= 11 is 0. The van der Waals surface area contributed by atoms with Gasteiger partial charge in [0.25, 0.3) is 11.7 Å². The molecule has 0 aliphatic carbocycles. The predicted molar refractivity (Wildman–Crippen MR) is 75.4 cm³/mol. The topological polar surface area (TPSA) is 191 Å². The molecule has 2 rings (SSSR count). The van der Waals surface area contributed by atoms with Crippen molar-refractivity contribution >= 4 is 11.7 Å². The van der Waals surface area contributed by atoms with Gasteiger partial charge >= 0.3 is 0 Å². The lowest BCUT2D eigenvalue weighted by atomic mass is 9.92. The fourth-order valence-corrected chi connectivity index (χ4v) is 2.93. The average molecular weight is 350 g/mol. The van der Waals surface area contributed by atoms with E-state index in [4.69, 9.17) is 0 Å². The first kappa shape index (κ1) is 19.1. The number of hydrogen-bond acceptors (Lipinski definition) is 10. The molecule has 0 aromatic carbocycles. The third-order valence-corrected chi connectivity index (χ3v) is 4.49. The Labute approximate surface area is 136 Å². The first-order valence-electron chi connectivity index (χ1n) is 7.50. The number of nitrogens with one attached hydrogen (secondary N) is 1. The van der Waals surface area contributed by atoms with Crippen molar-refractivity contribution in [2.24, 2.45) is 0 Å². The van der Waals surface area contributed by atoms with Gasteiger partial charge in [0.2, 0.25) is 0 Å². The van der Waals surface area contributed by atoms with Gasteiger partial charge in [-0.15, -0.1) is 0 Å². The number of hydrogen-bond donors (Lipinski definition) is 8. The Hall–Kier alpha value is -1.18. The second-order valence-electron chi connectivity index (χ2n) is 6.02. The van der Waals surface area contributed by atoms with Crippen LogP contribution in [0.4, 0.5) is 0 Å². The highest BCUT2D eigenvalue weighted by Crippen LogP contribution is 2.20. The Balaban J connectivity index is 2.43. The molecule has 0 spiro atoms. The number of amides is 1. The Morgan fingerprint density at radius 3 is 1.88 bits per heavy atom. The van der Waals surface area contributed by atoms with Crippen LogP contribution in [0, 0.1) is 0 Å². The second kappa shape index (κ2) is 7.37. The number of Topliss-reactive ketones (excluding diaryl/α,β-unsaturated/α-hetero) is 1. The van der Waals surface area contributed by atoms with Crippen molar-refractivity contribution in [2.45, 2.75) is 48.8 Å². The third-order valence-electron chi connectivity index (χ3n) is 4.49. The van der Waals surface area contributed by atoms with Gasteiger partial charge in [-0.05, 0) is 0 Å². The standard InChI is InChI=1S/C13H22N2O9/c16-5-4-3-14-1-2-15(4)13(24)12(23)11(22)10(21)9(20)8(19)7(18)6(5)17/h4-11,14,16-22H,1-3H2. The highest BCUT2D eigenvalue weighted by molar-refractivity contribution is 6.38. The van der Waals surface area contributed by atoms with E-state index in [1.165, 1.54) is 0 Å². The normalized spacial score (nSPS) is 45.5. The lowest BCUT2D eigenvalue weighted by Gasteiger charge is -2.40. The fourth-order valence-electron chi connectivity index (χ4n) is 2.93. The maximum atomic E-state index is 12.3. The predicted octanol–water partition coefficient (Wildman–Crippen LogP) is -6.10. The molecule has 0 radical (unpaired) electrons. The average Bonchev–Trinajstić information content (AvgIpc) is 2.61. The van der Waals surface area contributed by atoms with E-state index < -0.39 is 60.5 Å². The molecule has 0 aromatic heterocycles. The molecule has 138 valence electrons. The van der Waals surface area contributed by atoms with E-state index in [-0.39, 0.29) is 19.6 Å². The summed E-state index contributed by atoms with van der Waals surface area (Å²) in [7, 11) is 0. The number of ketones is 1. The molecule has 1 amide bonds. The quantitative estimate of drug-likeness (QED) is 0.195. The third kappa shape index (κ3) is 3.30. The molecule has 2 aliphatic heterocycles. The van der Waals surface area contributed by atoms with Crippen molar-refractivity contribution in [3.05, 3.63) is 0 Å². The molecule has 0 saturated carbocycles. The van der Waals surface area contributed by atoms with Gasteiger partial charge in [-0.3, -0.25) is 9.59 Å². The summed E-state index contributed by atoms with van der Waals surface area (Å²) in [6.45, 7) is 0.245. The van der Waals surface area contributed by atoms with E-state index in [9.17, 15) is 45.3 Å². The number of piperazine rings is 1. The summed E-state index contributed by atoms with van der Waals surface area (Å²) in [5.41, 5.74) is 0. The van der Waals surface area contributed by atoms with Gasteiger partial charge in [-0.2, -0.15) is 0 Å². The highest BCUT2D eigenvalue weighted by Gasteiger charge is 2.48. The van der Waals surface area contributed by atoms with Gasteiger partial charge in [0.1, 0.15) is 36.6 Å². The molecule has 0 bridgehead atoms. The molecule has 2 fully saturated rings. The summed E-state index contributed by atoms with van der Waals surface area (Å²) in [5, 5.41) is 72.1. The molecule has 11 heteroatoms. The van der Waals surface area contributed by atoms with Crippen LogP contribution >= 0.6 is 0 Å². The molecule has 24 heavy (non-hydrogen) atoms. The first-order valence-corrected chi connectivity index (χ1v) is 7.50.